The summed E-state index contributed by atoms with van der Waals surface area (Å²) in [5.74, 6) is 1.66. The van der Waals surface area contributed by atoms with Gasteiger partial charge >= 0.3 is 0 Å². The molecule has 158 valence electrons. The van der Waals surface area contributed by atoms with Gasteiger partial charge in [-0.3, -0.25) is 9.69 Å². The molecule has 0 aliphatic carbocycles. The fraction of sp³-hybridized carbons (Fsp3) is 0.458. The summed E-state index contributed by atoms with van der Waals surface area (Å²) in [6, 6.07) is 9.75. The molecule has 30 heavy (non-hydrogen) atoms. The molecule has 6 nitrogen and oxygen atoms in total. The number of likely N-dealkylation sites (tertiary alicyclic amines) is 1. The van der Waals surface area contributed by atoms with Crippen molar-refractivity contribution in [3.8, 4) is 5.75 Å². The molecule has 2 bridgehead atoms. The van der Waals surface area contributed by atoms with E-state index in [1.54, 1.807) is 13.2 Å². The monoisotopic (exact) mass is 408 g/mol. The Morgan fingerprint density at radius 2 is 2.27 bits per heavy atom. The maximum absolute atomic E-state index is 12.3. The minimum Gasteiger partial charge on any atom is -0.496 e. The first-order valence-electron chi connectivity index (χ1n) is 10.7. The van der Waals surface area contributed by atoms with Crippen molar-refractivity contribution in [2.45, 2.75) is 24.5 Å². The lowest BCUT2D eigenvalue weighted by molar-refractivity contribution is 0.00366. The normalized spacial score (nSPS) is 30.1. The third-order valence-corrected chi connectivity index (χ3v) is 6.94. The van der Waals surface area contributed by atoms with Gasteiger partial charge in [0.25, 0.3) is 5.91 Å². The molecule has 3 aliphatic heterocycles. The van der Waals surface area contributed by atoms with Crippen LogP contribution in [0.2, 0.25) is 0 Å². The van der Waals surface area contributed by atoms with Gasteiger partial charge in [-0.05, 0) is 25.0 Å². The minimum absolute atomic E-state index is 0.0338. The summed E-state index contributed by atoms with van der Waals surface area (Å²) in [5, 5.41) is 3.09. The summed E-state index contributed by atoms with van der Waals surface area (Å²) in [6.07, 6.45) is 9.83. The fourth-order valence-corrected chi connectivity index (χ4v) is 5.54. The molecule has 2 aromatic rings. The van der Waals surface area contributed by atoms with Gasteiger partial charge in [-0.1, -0.05) is 30.4 Å². The molecule has 0 saturated carbocycles. The Hall–Kier alpha value is -2.57. The second-order valence-electron chi connectivity index (χ2n) is 8.59. The van der Waals surface area contributed by atoms with E-state index in [4.69, 9.17) is 13.9 Å². The van der Waals surface area contributed by atoms with Crippen molar-refractivity contribution >= 4 is 12.0 Å². The first-order chi connectivity index (χ1) is 14.7. The van der Waals surface area contributed by atoms with E-state index in [-0.39, 0.29) is 17.6 Å². The first kappa shape index (κ1) is 19.4. The van der Waals surface area contributed by atoms with Crippen LogP contribution in [0.5, 0.6) is 5.75 Å². The molecule has 3 fully saturated rings. The van der Waals surface area contributed by atoms with E-state index in [0.29, 0.717) is 23.9 Å². The van der Waals surface area contributed by atoms with Crippen molar-refractivity contribution in [2.75, 3.05) is 33.3 Å². The molecule has 0 radical (unpaired) electrons. The van der Waals surface area contributed by atoms with Gasteiger partial charge in [0.05, 0.1) is 30.6 Å². The zero-order chi connectivity index (χ0) is 20.6. The highest BCUT2D eigenvalue weighted by Gasteiger charge is 2.62. The number of benzene rings is 1. The number of nitrogens with one attached hydrogen (secondary N) is 1. The Morgan fingerprint density at radius 1 is 1.37 bits per heavy atom. The second-order valence-corrected chi connectivity index (χ2v) is 8.59. The van der Waals surface area contributed by atoms with E-state index in [9.17, 15) is 4.79 Å². The summed E-state index contributed by atoms with van der Waals surface area (Å²) >= 11 is 0. The second kappa shape index (κ2) is 7.93. The number of hydrogen-bond acceptors (Lipinski definition) is 5. The van der Waals surface area contributed by atoms with Crippen LogP contribution in [-0.2, 0) is 4.74 Å². The van der Waals surface area contributed by atoms with Crippen LogP contribution in [0.15, 0.2) is 53.4 Å². The molecule has 5 rings (SSSR count). The summed E-state index contributed by atoms with van der Waals surface area (Å²) in [4.78, 5) is 14.8. The lowest BCUT2D eigenvalue weighted by Gasteiger charge is -2.29. The smallest absolute Gasteiger partial charge is 0.254 e. The zero-order valence-corrected chi connectivity index (χ0v) is 17.3. The highest BCUT2D eigenvalue weighted by atomic mass is 16.5. The molecule has 0 unspecified atom stereocenters. The average molecular weight is 408 g/mol. The van der Waals surface area contributed by atoms with Gasteiger partial charge in [0.15, 0.2) is 0 Å². The fourth-order valence-electron chi connectivity index (χ4n) is 5.54. The van der Waals surface area contributed by atoms with E-state index < -0.39 is 0 Å². The topological polar surface area (TPSA) is 63.9 Å². The number of nitrogens with zero attached hydrogens (tertiary/aromatic N) is 1. The van der Waals surface area contributed by atoms with Gasteiger partial charge in [0.2, 0.25) is 0 Å². The van der Waals surface area contributed by atoms with Crippen LogP contribution in [0.3, 0.4) is 0 Å². The number of methoxy groups -OCH3 is 1. The number of rotatable bonds is 7. The molecule has 3 saturated heterocycles. The first-order valence-corrected chi connectivity index (χ1v) is 10.7. The zero-order valence-electron chi connectivity index (χ0n) is 17.3. The minimum atomic E-state index is -0.0739. The van der Waals surface area contributed by atoms with Gasteiger partial charge in [0.1, 0.15) is 12.0 Å². The quantitative estimate of drug-likeness (QED) is 0.762. The molecule has 1 aromatic carbocycles. The highest BCUT2D eigenvalue weighted by molar-refractivity contribution is 5.93. The average Bonchev–Trinajstić information content (AvgIpc) is 3.53. The van der Waals surface area contributed by atoms with Crippen molar-refractivity contribution < 1.29 is 18.7 Å². The van der Waals surface area contributed by atoms with Crippen molar-refractivity contribution in [1.82, 2.24) is 10.2 Å². The molecular weight excluding hydrogens is 380 g/mol. The van der Waals surface area contributed by atoms with E-state index in [1.807, 2.05) is 18.2 Å². The van der Waals surface area contributed by atoms with Crippen molar-refractivity contribution in [3.05, 3.63) is 60.1 Å². The molecule has 1 spiro atoms. The molecule has 3 aliphatic rings. The largest absolute Gasteiger partial charge is 0.496 e. The summed E-state index contributed by atoms with van der Waals surface area (Å²) in [6.45, 7) is 3.53. The van der Waals surface area contributed by atoms with Crippen LogP contribution in [0.1, 0.15) is 28.8 Å². The Kier molecular flexibility index (Phi) is 5.13. The van der Waals surface area contributed by atoms with Crippen LogP contribution >= 0.6 is 0 Å². The number of ether oxygens (including phenoxy) is 2. The van der Waals surface area contributed by atoms with Crippen molar-refractivity contribution in [1.29, 1.82) is 0 Å². The van der Waals surface area contributed by atoms with Crippen LogP contribution in [0, 0.1) is 11.8 Å². The van der Waals surface area contributed by atoms with Crippen LogP contribution in [0.4, 0.5) is 0 Å². The van der Waals surface area contributed by atoms with E-state index in [2.05, 4.69) is 28.4 Å². The molecule has 6 heteroatoms. The van der Waals surface area contributed by atoms with Crippen LogP contribution < -0.4 is 10.1 Å². The molecule has 1 N–H and O–H groups in total. The summed E-state index contributed by atoms with van der Waals surface area (Å²) < 4.78 is 16.9. The SMILES string of the molecule is COc1ccccc1C=CCN1C[C@@H]2[C@H](CNC(=O)c3ccoc3)[C@H]3CC[C@]2(C1)O3. The maximum atomic E-state index is 12.3. The van der Waals surface area contributed by atoms with Gasteiger partial charge in [0, 0.05) is 43.6 Å². The van der Waals surface area contributed by atoms with E-state index in [0.717, 1.165) is 43.8 Å². The number of para-hydroxylation sites is 1. The van der Waals surface area contributed by atoms with Gasteiger partial charge < -0.3 is 19.2 Å². The van der Waals surface area contributed by atoms with Crippen molar-refractivity contribution in [2.24, 2.45) is 11.8 Å². The standard InChI is InChI=1S/C24H28N2O4/c1-28-21-7-3-2-5-17(21)6-4-11-26-14-20-19(22-8-10-24(20,16-26)30-22)13-25-23(27)18-9-12-29-15-18/h2-7,9,12,15,19-20,22H,8,10-11,13-14,16H2,1H3,(H,25,27)/t19-,20+,22+,24+/m0/s1. The predicted molar refractivity (Wildman–Crippen MR) is 113 cm³/mol. The predicted octanol–water partition coefficient (Wildman–Crippen LogP) is 3.21. The van der Waals surface area contributed by atoms with E-state index >= 15 is 0 Å². The van der Waals surface area contributed by atoms with Crippen molar-refractivity contribution in [3.63, 3.8) is 0 Å². The highest BCUT2D eigenvalue weighted by Crippen LogP contribution is 2.54. The lowest BCUT2D eigenvalue weighted by Crippen LogP contribution is -2.41. The third kappa shape index (κ3) is 3.44. The molecule has 1 amide bonds. The molecule has 1 aromatic heterocycles. The number of furan rings is 1. The molecule has 4 heterocycles. The van der Waals surface area contributed by atoms with Gasteiger partial charge in [-0.15, -0.1) is 0 Å². The Balaban J connectivity index is 1.20. The van der Waals surface area contributed by atoms with Crippen LogP contribution in [-0.4, -0.2) is 55.8 Å². The number of hydrogen-bond donors (Lipinski definition) is 1. The third-order valence-electron chi connectivity index (χ3n) is 6.94. The number of carbonyl (C=O) groups is 1. The van der Waals surface area contributed by atoms with Gasteiger partial charge in [-0.2, -0.15) is 0 Å². The Labute approximate surface area is 176 Å². The van der Waals surface area contributed by atoms with Gasteiger partial charge in [-0.25, -0.2) is 0 Å². The Morgan fingerprint density at radius 3 is 3.10 bits per heavy atom. The number of carbonyl (C=O) groups excluding carboxylic acids is 1. The number of amides is 1. The number of fused-ring (bicyclic) bond motifs is 1. The summed E-state index contributed by atoms with van der Waals surface area (Å²) in [5.41, 5.74) is 1.63. The summed E-state index contributed by atoms with van der Waals surface area (Å²) in [7, 11) is 1.70. The Bertz CT molecular complexity index is 925. The maximum Gasteiger partial charge on any atom is 0.254 e. The molecule has 4 atom stereocenters. The lowest BCUT2D eigenvalue weighted by atomic mass is 9.73. The van der Waals surface area contributed by atoms with E-state index in [1.165, 1.54) is 12.5 Å². The molecular formula is C24H28N2O4. The van der Waals surface area contributed by atoms with Crippen LogP contribution in [0.25, 0.3) is 6.08 Å².